The van der Waals surface area contributed by atoms with Gasteiger partial charge in [-0.15, -0.1) is 0 Å². The van der Waals surface area contributed by atoms with Crippen LogP contribution < -0.4 is 14.2 Å². The van der Waals surface area contributed by atoms with Crippen LogP contribution in [0.1, 0.15) is 18.1 Å². The molecule has 0 bridgehead atoms. The van der Waals surface area contributed by atoms with E-state index in [1.807, 2.05) is 39.0 Å². The van der Waals surface area contributed by atoms with Gasteiger partial charge in [0.25, 0.3) is 0 Å². The number of ether oxygens (including phenoxy) is 2. The van der Waals surface area contributed by atoms with Crippen molar-refractivity contribution in [1.82, 2.24) is 4.72 Å². The first kappa shape index (κ1) is 18.3. The zero-order chi connectivity index (χ0) is 17.6. The average molecular weight is 349 g/mol. The summed E-state index contributed by atoms with van der Waals surface area (Å²) in [7, 11) is -3.55. The van der Waals surface area contributed by atoms with Gasteiger partial charge in [0.2, 0.25) is 10.0 Å². The van der Waals surface area contributed by atoms with Crippen LogP contribution in [-0.4, -0.2) is 28.2 Å². The number of benzene rings is 2. The molecular weight excluding hydrogens is 326 g/mol. The molecule has 130 valence electrons. The van der Waals surface area contributed by atoms with Crippen molar-refractivity contribution in [3.63, 3.8) is 0 Å². The Morgan fingerprint density at radius 2 is 1.71 bits per heavy atom. The molecule has 24 heavy (non-hydrogen) atoms. The first-order valence-corrected chi connectivity index (χ1v) is 9.34. The van der Waals surface area contributed by atoms with E-state index in [9.17, 15) is 8.42 Å². The summed E-state index contributed by atoms with van der Waals surface area (Å²) in [5.74, 6) is 1.42. The lowest BCUT2D eigenvalue weighted by Gasteiger charge is -2.12. The van der Waals surface area contributed by atoms with E-state index >= 15 is 0 Å². The van der Waals surface area contributed by atoms with E-state index in [1.165, 1.54) is 12.1 Å². The van der Waals surface area contributed by atoms with E-state index in [1.54, 1.807) is 12.1 Å². The smallest absolute Gasteiger partial charge is 0.240 e. The fourth-order valence-corrected chi connectivity index (χ4v) is 3.20. The van der Waals surface area contributed by atoms with Crippen molar-refractivity contribution in [1.29, 1.82) is 0 Å². The number of hydrogen-bond donors (Lipinski definition) is 1. The summed E-state index contributed by atoms with van der Waals surface area (Å²) >= 11 is 0. The van der Waals surface area contributed by atoms with Gasteiger partial charge in [0.1, 0.15) is 18.1 Å². The topological polar surface area (TPSA) is 64.6 Å². The van der Waals surface area contributed by atoms with Crippen molar-refractivity contribution in [2.75, 3.05) is 19.8 Å². The monoisotopic (exact) mass is 349 g/mol. The summed E-state index contributed by atoms with van der Waals surface area (Å²) in [6.45, 7) is 6.87. The van der Waals surface area contributed by atoms with Gasteiger partial charge in [-0.1, -0.05) is 12.1 Å². The van der Waals surface area contributed by atoms with Crippen LogP contribution in [0.4, 0.5) is 0 Å². The van der Waals surface area contributed by atoms with E-state index in [2.05, 4.69) is 4.72 Å². The number of sulfonamides is 1. The Morgan fingerprint density at radius 3 is 2.38 bits per heavy atom. The van der Waals surface area contributed by atoms with Gasteiger partial charge in [0, 0.05) is 6.54 Å². The highest BCUT2D eigenvalue weighted by atomic mass is 32.2. The number of aryl methyl sites for hydroxylation is 1. The van der Waals surface area contributed by atoms with Crippen LogP contribution in [0.2, 0.25) is 0 Å². The molecule has 1 N–H and O–H groups in total. The molecule has 0 radical (unpaired) electrons. The van der Waals surface area contributed by atoms with Gasteiger partial charge in [-0.2, -0.15) is 0 Å². The molecule has 6 heteroatoms. The highest BCUT2D eigenvalue weighted by molar-refractivity contribution is 7.89. The maximum absolute atomic E-state index is 12.2. The predicted octanol–water partition coefficient (Wildman–Crippen LogP) is 3.06. The van der Waals surface area contributed by atoms with Crippen LogP contribution in [0.5, 0.6) is 11.5 Å². The largest absolute Gasteiger partial charge is 0.494 e. The fraction of sp³-hybridized carbons (Fsp3) is 0.333. The van der Waals surface area contributed by atoms with Crippen LogP contribution in [-0.2, 0) is 10.0 Å². The maximum Gasteiger partial charge on any atom is 0.240 e. The molecule has 0 aliphatic rings. The van der Waals surface area contributed by atoms with E-state index in [4.69, 9.17) is 9.47 Å². The van der Waals surface area contributed by atoms with Crippen LogP contribution in [0, 0.1) is 13.8 Å². The number of hydrogen-bond acceptors (Lipinski definition) is 4. The Bertz CT molecular complexity index is 770. The second-order valence-electron chi connectivity index (χ2n) is 5.35. The van der Waals surface area contributed by atoms with Gasteiger partial charge >= 0.3 is 0 Å². The van der Waals surface area contributed by atoms with Crippen molar-refractivity contribution < 1.29 is 17.9 Å². The summed E-state index contributed by atoms with van der Waals surface area (Å²) in [5, 5.41) is 0. The Morgan fingerprint density at radius 1 is 1.00 bits per heavy atom. The summed E-state index contributed by atoms with van der Waals surface area (Å²) < 4.78 is 37.9. The Kier molecular flexibility index (Phi) is 6.23. The number of rotatable bonds is 8. The third kappa shape index (κ3) is 4.72. The van der Waals surface area contributed by atoms with Gasteiger partial charge in [0.05, 0.1) is 11.5 Å². The molecule has 0 heterocycles. The molecule has 2 rings (SSSR count). The molecule has 0 spiro atoms. The van der Waals surface area contributed by atoms with Gasteiger partial charge in [-0.3, -0.25) is 0 Å². The lowest BCUT2D eigenvalue weighted by molar-refractivity contribution is 0.320. The van der Waals surface area contributed by atoms with Crippen molar-refractivity contribution in [2.45, 2.75) is 25.7 Å². The third-order valence-corrected chi connectivity index (χ3v) is 5.13. The molecular formula is C18H23NO4S. The van der Waals surface area contributed by atoms with Gasteiger partial charge in [-0.25, -0.2) is 13.1 Å². The van der Waals surface area contributed by atoms with Gasteiger partial charge in [-0.05, 0) is 62.2 Å². The highest BCUT2D eigenvalue weighted by Gasteiger charge is 2.13. The minimum absolute atomic E-state index is 0.197. The summed E-state index contributed by atoms with van der Waals surface area (Å²) in [5.41, 5.74) is 2.20. The van der Waals surface area contributed by atoms with E-state index in [-0.39, 0.29) is 18.0 Å². The molecule has 2 aromatic carbocycles. The van der Waals surface area contributed by atoms with E-state index in [0.29, 0.717) is 12.4 Å². The minimum Gasteiger partial charge on any atom is -0.494 e. The summed E-state index contributed by atoms with van der Waals surface area (Å²) in [6.07, 6.45) is 0. The lowest BCUT2D eigenvalue weighted by atomic mass is 10.1. The summed E-state index contributed by atoms with van der Waals surface area (Å²) in [6, 6.07) is 12.1. The first-order valence-electron chi connectivity index (χ1n) is 7.85. The molecule has 0 aliphatic heterocycles. The molecule has 5 nitrogen and oxygen atoms in total. The minimum atomic E-state index is -3.55. The molecule has 0 atom stereocenters. The highest BCUT2D eigenvalue weighted by Crippen LogP contribution is 2.20. The van der Waals surface area contributed by atoms with Crippen LogP contribution in [0.25, 0.3) is 0 Å². The molecule has 0 aromatic heterocycles. The quantitative estimate of drug-likeness (QED) is 0.744. The van der Waals surface area contributed by atoms with Gasteiger partial charge in [0.15, 0.2) is 0 Å². The normalized spacial score (nSPS) is 11.3. The van der Waals surface area contributed by atoms with Crippen molar-refractivity contribution in [2.24, 2.45) is 0 Å². The molecule has 0 amide bonds. The van der Waals surface area contributed by atoms with Crippen molar-refractivity contribution in [3.8, 4) is 11.5 Å². The molecule has 0 saturated carbocycles. The van der Waals surface area contributed by atoms with E-state index < -0.39 is 10.0 Å². The second-order valence-corrected chi connectivity index (χ2v) is 7.12. The SMILES string of the molecule is CCOc1ccc(S(=O)(=O)NCCOc2cccc(C)c2C)cc1. The molecule has 0 fully saturated rings. The Labute approximate surface area is 143 Å². The maximum atomic E-state index is 12.2. The fourth-order valence-electron chi connectivity index (χ4n) is 2.18. The number of nitrogens with one attached hydrogen (secondary N) is 1. The van der Waals surface area contributed by atoms with E-state index in [0.717, 1.165) is 16.9 Å². The first-order chi connectivity index (χ1) is 11.4. The molecule has 0 aliphatic carbocycles. The van der Waals surface area contributed by atoms with Crippen molar-refractivity contribution in [3.05, 3.63) is 53.6 Å². The Hall–Kier alpha value is -2.05. The van der Waals surface area contributed by atoms with Crippen molar-refractivity contribution >= 4 is 10.0 Å². The predicted molar refractivity (Wildman–Crippen MR) is 94.2 cm³/mol. The Balaban J connectivity index is 1.89. The third-order valence-electron chi connectivity index (χ3n) is 3.65. The summed E-state index contributed by atoms with van der Waals surface area (Å²) in [4.78, 5) is 0.206. The van der Waals surface area contributed by atoms with Gasteiger partial charge < -0.3 is 9.47 Å². The zero-order valence-corrected chi connectivity index (χ0v) is 15.0. The molecule has 0 saturated heterocycles. The van der Waals surface area contributed by atoms with Crippen LogP contribution >= 0.6 is 0 Å². The standard InChI is InChI=1S/C18H23NO4S/c1-4-22-16-8-10-17(11-9-16)24(20,21)19-12-13-23-18-7-5-6-14(2)15(18)3/h5-11,19H,4,12-13H2,1-3H3. The second kappa shape index (κ2) is 8.17. The molecule has 0 unspecified atom stereocenters. The van der Waals surface area contributed by atoms with Crippen LogP contribution in [0.15, 0.2) is 47.4 Å². The van der Waals surface area contributed by atoms with Crippen LogP contribution in [0.3, 0.4) is 0 Å². The zero-order valence-electron chi connectivity index (χ0n) is 14.2. The lowest BCUT2D eigenvalue weighted by Crippen LogP contribution is -2.28. The molecule has 2 aromatic rings. The average Bonchev–Trinajstić information content (AvgIpc) is 2.56.